The summed E-state index contributed by atoms with van der Waals surface area (Å²) in [4.78, 5) is 11.0. The van der Waals surface area contributed by atoms with Crippen molar-refractivity contribution in [2.45, 2.75) is 51.0 Å². The van der Waals surface area contributed by atoms with Gasteiger partial charge in [0.15, 0.2) is 0 Å². The maximum absolute atomic E-state index is 11.0. The molecule has 1 saturated carbocycles. The number of nitrogens with one attached hydrogen (secondary N) is 2. The van der Waals surface area contributed by atoms with Crippen LogP contribution in [0.1, 0.15) is 45.4 Å². The van der Waals surface area contributed by atoms with E-state index < -0.39 is 5.60 Å². The maximum Gasteiger partial charge on any atom is 0.219 e. The minimum Gasteiger partial charge on any atom is -0.389 e. The van der Waals surface area contributed by atoms with Gasteiger partial charge in [0.2, 0.25) is 5.91 Å². The smallest absolute Gasteiger partial charge is 0.219 e. The van der Waals surface area contributed by atoms with E-state index >= 15 is 0 Å². The Bertz CT molecular complexity index is 246. The molecule has 4 heteroatoms. The fourth-order valence-corrected chi connectivity index (χ4v) is 2.61. The molecule has 0 aromatic heterocycles. The summed E-state index contributed by atoms with van der Waals surface area (Å²) >= 11 is 0. The second kappa shape index (κ2) is 6.97. The van der Waals surface area contributed by atoms with Crippen LogP contribution in [-0.2, 0) is 4.79 Å². The van der Waals surface area contributed by atoms with Crippen molar-refractivity contribution < 1.29 is 9.90 Å². The summed E-state index contributed by atoms with van der Waals surface area (Å²) in [5, 5.41) is 16.2. The number of aliphatic hydroxyl groups is 1. The summed E-state index contributed by atoms with van der Waals surface area (Å²) in [6.45, 7) is 3.66. The van der Waals surface area contributed by atoms with Crippen molar-refractivity contribution in [3.63, 3.8) is 0 Å². The molecule has 1 rings (SSSR count). The quantitative estimate of drug-likeness (QED) is 0.610. The van der Waals surface area contributed by atoms with Crippen molar-refractivity contribution in [2.24, 2.45) is 5.92 Å². The lowest BCUT2D eigenvalue weighted by Gasteiger charge is -2.35. The highest BCUT2D eigenvalue weighted by Gasteiger charge is 2.31. The molecule has 0 radical (unpaired) electrons. The Morgan fingerprint density at radius 2 is 2.29 bits per heavy atom. The molecule has 0 saturated heterocycles. The predicted octanol–water partition coefficient (Wildman–Crippen LogP) is 1.04. The Morgan fingerprint density at radius 1 is 1.53 bits per heavy atom. The predicted molar refractivity (Wildman–Crippen MR) is 68.8 cm³/mol. The molecule has 0 aromatic carbocycles. The zero-order chi connectivity index (χ0) is 12.7. The van der Waals surface area contributed by atoms with Gasteiger partial charge in [0, 0.05) is 20.0 Å². The number of rotatable bonds is 6. The number of carbonyl (C=O) groups is 1. The molecule has 1 fully saturated rings. The summed E-state index contributed by atoms with van der Waals surface area (Å²) in [7, 11) is 1.65. The molecule has 0 bridgehead atoms. The van der Waals surface area contributed by atoms with E-state index in [1.54, 1.807) is 7.05 Å². The van der Waals surface area contributed by atoms with Crippen molar-refractivity contribution >= 4 is 5.91 Å². The first-order valence-corrected chi connectivity index (χ1v) is 6.69. The number of carbonyl (C=O) groups excluding carboxylic acids is 1. The van der Waals surface area contributed by atoms with Crippen LogP contribution in [0.3, 0.4) is 0 Å². The average molecular weight is 242 g/mol. The molecule has 0 heterocycles. The van der Waals surface area contributed by atoms with Crippen molar-refractivity contribution in [2.75, 3.05) is 20.1 Å². The second-order valence-corrected chi connectivity index (χ2v) is 5.38. The van der Waals surface area contributed by atoms with Gasteiger partial charge in [0.1, 0.15) is 0 Å². The molecule has 1 amide bonds. The number of hydrogen-bond acceptors (Lipinski definition) is 3. The van der Waals surface area contributed by atoms with Gasteiger partial charge < -0.3 is 15.7 Å². The lowest BCUT2D eigenvalue weighted by molar-refractivity contribution is -0.120. The molecule has 4 nitrogen and oxygen atoms in total. The normalized spacial score (nSPS) is 29.0. The van der Waals surface area contributed by atoms with Crippen LogP contribution in [-0.4, -0.2) is 36.8 Å². The molecule has 2 atom stereocenters. The van der Waals surface area contributed by atoms with Crippen LogP contribution < -0.4 is 10.6 Å². The van der Waals surface area contributed by atoms with Crippen LogP contribution in [0.4, 0.5) is 0 Å². The Labute approximate surface area is 104 Å². The van der Waals surface area contributed by atoms with Crippen LogP contribution in [0, 0.1) is 5.92 Å². The van der Waals surface area contributed by atoms with Gasteiger partial charge in [0.25, 0.3) is 0 Å². The van der Waals surface area contributed by atoms with Crippen molar-refractivity contribution in [3.8, 4) is 0 Å². The highest BCUT2D eigenvalue weighted by atomic mass is 16.3. The standard InChI is InChI=1S/C13H26N2O2/c1-11-5-3-7-13(17,9-11)10-15-8-4-6-12(16)14-2/h11,15,17H,3-10H2,1-2H3,(H,14,16). The van der Waals surface area contributed by atoms with Crippen LogP contribution in [0.2, 0.25) is 0 Å². The van der Waals surface area contributed by atoms with E-state index in [-0.39, 0.29) is 5.91 Å². The lowest BCUT2D eigenvalue weighted by Crippen LogP contribution is -2.44. The van der Waals surface area contributed by atoms with Crippen molar-refractivity contribution in [1.82, 2.24) is 10.6 Å². The van der Waals surface area contributed by atoms with Gasteiger partial charge in [-0.25, -0.2) is 0 Å². The van der Waals surface area contributed by atoms with Gasteiger partial charge >= 0.3 is 0 Å². The molecule has 1 aliphatic rings. The van der Waals surface area contributed by atoms with Gasteiger partial charge in [-0.15, -0.1) is 0 Å². The summed E-state index contributed by atoms with van der Waals surface area (Å²) in [6.07, 6.45) is 5.54. The molecule has 0 aromatic rings. The zero-order valence-electron chi connectivity index (χ0n) is 11.1. The van der Waals surface area contributed by atoms with E-state index in [1.807, 2.05) is 0 Å². The first kappa shape index (κ1) is 14.5. The second-order valence-electron chi connectivity index (χ2n) is 5.38. The van der Waals surface area contributed by atoms with E-state index in [0.29, 0.717) is 18.9 Å². The van der Waals surface area contributed by atoms with E-state index in [9.17, 15) is 9.90 Å². The first-order chi connectivity index (χ1) is 8.06. The third-order valence-corrected chi connectivity index (χ3v) is 3.56. The minimum absolute atomic E-state index is 0.0804. The number of amides is 1. The van der Waals surface area contributed by atoms with E-state index in [0.717, 1.165) is 32.2 Å². The van der Waals surface area contributed by atoms with E-state index in [1.165, 1.54) is 6.42 Å². The fourth-order valence-electron chi connectivity index (χ4n) is 2.61. The number of hydrogen-bond donors (Lipinski definition) is 3. The topological polar surface area (TPSA) is 61.4 Å². The zero-order valence-corrected chi connectivity index (χ0v) is 11.1. The third-order valence-electron chi connectivity index (χ3n) is 3.56. The molecule has 17 heavy (non-hydrogen) atoms. The van der Waals surface area contributed by atoms with E-state index in [2.05, 4.69) is 17.6 Å². The molecule has 2 unspecified atom stereocenters. The molecule has 1 aliphatic carbocycles. The summed E-state index contributed by atoms with van der Waals surface area (Å²) in [6, 6.07) is 0. The van der Waals surface area contributed by atoms with Crippen LogP contribution in [0.25, 0.3) is 0 Å². The molecule has 100 valence electrons. The Kier molecular flexibility index (Phi) is 5.92. The van der Waals surface area contributed by atoms with E-state index in [4.69, 9.17) is 0 Å². The Hall–Kier alpha value is -0.610. The first-order valence-electron chi connectivity index (χ1n) is 6.69. The summed E-state index contributed by atoms with van der Waals surface area (Å²) < 4.78 is 0. The van der Waals surface area contributed by atoms with Crippen molar-refractivity contribution in [1.29, 1.82) is 0 Å². The lowest BCUT2D eigenvalue weighted by atomic mass is 9.79. The molecule has 0 aliphatic heterocycles. The van der Waals surface area contributed by atoms with Gasteiger partial charge in [-0.2, -0.15) is 0 Å². The average Bonchev–Trinajstić information content (AvgIpc) is 2.27. The van der Waals surface area contributed by atoms with Crippen LogP contribution in [0.15, 0.2) is 0 Å². The monoisotopic (exact) mass is 242 g/mol. The molecular formula is C13H26N2O2. The SMILES string of the molecule is CNC(=O)CCCNCC1(O)CCCC(C)C1. The molecule has 0 spiro atoms. The van der Waals surface area contributed by atoms with Crippen LogP contribution >= 0.6 is 0 Å². The van der Waals surface area contributed by atoms with Gasteiger partial charge in [-0.05, 0) is 31.7 Å². The van der Waals surface area contributed by atoms with Crippen molar-refractivity contribution in [3.05, 3.63) is 0 Å². The summed E-state index contributed by atoms with van der Waals surface area (Å²) in [5.41, 5.74) is -0.523. The van der Waals surface area contributed by atoms with Gasteiger partial charge in [-0.3, -0.25) is 4.79 Å². The van der Waals surface area contributed by atoms with Gasteiger partial charge in [0.05, 0.1) is 5.60 Å². The third kappa shape index (κ3) is 5.50. The Morgan fingerprint density at radius 3 is 2.94 bits per heavy atom. The fraction of sp³-hybridized carbons (Fsp3) is 0.923. The van der Waals surface area contributed by atoms with Gasteiger partial charge in [-0.1, -0.05) is 19.8 Å². The Balaban J connectivity index is 2.11. The minimum atomic E-state index is -0.523. The highest BCUT2D eigenvalue weighted by Crippen LogP contribution is 2.31. The molecule has 3 N–H and O–H groups in total. The molecular weight excluding hydrogens is 216 g/mol. The largest absolute Gasteiger partial charge is 0.389 e. The maximum atomic E-state index is 11.0. The van der Waals surface area contributed by atoms with Crippen LogP contribution in [0.5, 0.6) is 0 Å². The summed E-state index contributed by atoms with van der Waals surface area (Å²) in [5.74, 6) is 0.707. The highest BCUT2D eigenvalue weighted by molar-refractivity contribution is 5.75.